The summed E-state index contributed by atoms with van der Waals surface area (Å²) in [5.41, 5.74) is 0.491. The van der Waals surface area contributed by atoms with Gasteiger partial charge in [0.2, 0.25) is 0 Å². The van der Waals surface area contributed by atoms with Crippen LogP contribution in [0.5, 0.6) is 0 Å². The van der Waals surface area contributed by atoms with Crippen molar-refractivity contribution in [1.82, 2.24) is 10.2 Å². The number of hydrogen-bond donors (Lipinski definition) is 1. The molecule has 1 fully saturated rings. The number of piperidine rings is 1. The van der Waals surface area contributed by atoms with Gasteiger partial charge < -0.3 is 24.4 Å². The molecule has 0 spiro atoms. The van der Waals surface area contributed by atoms with Crippen LogP contribution in [0.1, 0.15) is 45.6 Å². The van der Waals surface area contributed by atoms with Gasteiger partial charge >= 0.3 is 12.2 Å². The molecular formula is C21H32N2O5. The molecule has 7 heteroatoms. The summed E-state index contributed by atoms with van der Waals surface area (Å²) in [6, 6.07) is 9.66. The molecule has 1 aliphatic heterocycles. The van der Waals surface area contributed by atoms with E-state index in [1.165, 1.54) is 0 Å². The highest BCUT2D eigenvalue weighted by Gasteiger charge is 2.24. The van der Waals surface area contributed by atoms with E-state index < -0.39 is 11.7 Å². The van der Waals surface area contributed by atoms with Crippen LogP contribution >= 0.6 is 0 Å². The van der Waals surface area contributed by atoms with Gasteiger partial charge in [0, 0.05) is 26.2 Å². The molecule has 1 aliphatic rings. The van der Waals surface area contributed by atoms with Crippen LogP contribution in [0.25, 0.3) is 0 Å². The van der Waals surface area contributed by atoms with Crippen LogP contribution in [-0.4, -0.2) is 55.0 Å². The zero-order valence-corrected chi connectivity index (χ0v) is 17.1. The summed E-state index contributed by atoms with van der Waals surface area (Å²) in [6.45, 7) is 8.14. The number of amides is 2. The van der Waals surface area contributed by atoms with Crippen molar-refractivity contribution in [3.63, 3.8) is 0 Å². The van der Waals surface area contributed by atoms with Gasteiger partial charge in [-0.3, -0.25) is 0 Å². The largest absolute Gasteiger partial charge is 0.445 e. The highest BCUT2D eigenvalue weighted by Crippen LogP contribution is 2.15. The van der Waals surface area contributed by atoms with E-state index in [0.717, 1.165) is 24.8 Å². The van der Waals surface area contributed by atoms with E-state index in [-0.39, 0.29) is 12.2 Å². The molecule has 156 valence electrons. The van der Waals surface area contributed by atoms with E-state index in [2.05, 4.69) is 5.32 Å². The van der Waals surface area contributed by atoms with Gasteiger partial charge in [0.25, 0.3) is 0 Å². The maximum absolute atomic E-state index is 12.2. The molecule has 0 aliphatic carbocycles. The van der Waals surface area contributed by atoms with Crippen LogP contribution in [0.2, 0.25) is 0 Å². The third kappa shape index (κ3) is 8.61. The highest BCUT2D eigenvalue weighted by atomic mass is 16.6. The third-order valence-electron chi connectivity index (χ3n) is 4.25. The predicted octanol–water partition coefficient (Wildman–Crippen LogP) is 3.72. The van der Waals surface area contributed by atoms with Crippen LogP contribution in [0.3, 0.4) is 0 Å². The van der Waals surface area contributed by atoms with Gasteiger partial charge in [-0.25, -0.2) is 9.59 Å². The van der Waals surface area contributed by atoms with Crippen molar-refractivity contribution in [3.8, 4) is 0 Å². The minimum Gasteiger partial charge on any atom is -0.445 e. The van der Waals surface area contributed by atoms with E-state index in [0.29, 0.717) is 32.8 Å². The highest BCUT2D eigenvalue weighted by molar-refractivity contribution is 5.68. The summed E-state index contributed by atoms with van der Waals surface area (Å²) in [5, 5.41) is 2.72. The summed E-state index contributed by atoms with van der Waals surface area (Å²) in [5.74, 6) is 0. The average molecular weight is 392 g/mol. The number of nitrogens with one attached hydrogen (secondary N) is 1. The number of carbonyl (C=O) groups excluding carboxylic acids is 2. The summed E-state index contributed by atoms with van der Waals surface area (Å²) in [7, 11) is 0. The zero-order valence-electron chi connectivity index (χ0n) is 17.1. The van der Waals surface area contributed by atoms with Crippen molar-refractivity contribution in [1.29, 1.82) is 0 Å². The Kier molecular flexibility index (Phi) is 8.57. The van der Waals surface area contributed by atoms with Gasteiger partial charge in [-0.2, -0.15) is 0 Å². The van der Waals surface area contributed by atoms with E-state index >= 15 is 0 Å². The van der Waals surface area contributed by atoms with E-state index in [4.69, 9.17) is 14.2 Å². The Balaban J connectivity index is 1.53. The fraction of sp³-hybridized carbons (Fsp3) is 0.619. The van der Waals surface area contributed by atoms with Crippen molar-refractivity contribution in [2.24, 2.45) is 0 Å². The first-order valence-electron chi connectivity index (χ1n) is 9.87. The number of carbonyl (C=O) groups is 2. The van der Waals surface area contributed by atoms with E-state index in [1.54, 1.807) is 4.90 Å². The second kappa shape index (κ2) is 10.9. The Labute approximate surface area is 167 Å². The molecule has 0 unspecified atom stereocenters. The van der Waals surface area contributed by atoms with Crippen molar-refractivity contribution < 1.29 is 23.8 Å². The van der Waals surface area contributed by atoms with E-state index in [1.807, 2.05) is 51.1 Å². The molecule has 28 heavy (non-hydrogen) atoms. The number of likely N-dealkylation sites (tertiary alicyclic amines) is 1. The minimum absolute atomic E-state index is 0.139. The lowest BCUT2D eigenvalue weighted by Crippen LogP contribution is -2.41. The smallest absolute Gasteiger partial charge is 0.410 e. The minimum atomic E-state index is -0.489. The Morgan fingerprint density at radius 2 is 1.82 bits per heavy atom. The van der Waals surface area contributed by atoms with Gasteiger partial charge in [-0.1, -0.05) is 30.3 Å². The fourth-order valence-electron chi connectivity index (χ4n) is 2.84. The van der Waals surface area contributed by atoms with Gasteiger partial charge in [0.05, 0.1) is 6.10 Å². The molecule has 2 amide bonds. The van der Waals surface area contributed by atoms with E-state index in [9.17, 15) is 9.59 Å². The number of ether oxygens (including phenoxy) is 3. The van der Waals surface area contributed by atoms with Gasteiger partial charge in [0.15, 0.2) is 0 Å². The summed E-state index contributed by atoms with van der Waals surface area (Å²) in [6.07, 6.45) is 1.76. The first kappa shape index (κ1) is 22.0. The second-order valence-electron chi connectivity index (χ2n) is 7.88. The maximum atomic E-state index is 12.2. The van der Waals surface area contributed by atoms with Gasteiger partial charge in [-0.05, 0) is 45.6 Å². The molecule has 1 aromatic carbocycles. The molecule has 0 saturated carbocycles. The standard InChI is InChI=1S/C21H32N2O5/c1-21(2,3)28-19(24)22-12-7-15-26-18-10-13-23(14-11-18)20(25)27-16-17-8-5-4-6-9-17/h4-6,8-9,18H,7,10-16H2,1-3H3,(H,22,24). The van der Waals surface area contributed by atoms with Crippen LogP contribution in [0.15, 0.2) is 30.3 Å². The van der Waals surface area contributed by atoms with Crippen LogP contribution in [0, 0.1) is 0 Å². The van der Waals surface area contributed by atoms with Crippen molar-refractivity contribution in [3.05, 3.63) is 35.9 Å². The molecule has 1 saturated heterocycles. The molecule has 0 atom stereocenters. The van der Waals surface area contributed by atoms with Gasteiger partial charge in [-0.15, -0.1) is 0 Å². The first-order chi connectivity index (χ1) is 13.3. The molecule has 1 aromatic rings. The SMILES string of the molecule is CC(C)(C)OC(=O)NCCCOC1CCN(C(=O)OCc2ccccc2)CC1. The topological polar surface area (TPSA) is 77.1 Å². The molecule has 1 heterocycles. The lowest BCUT2D eigenvalue weighted by molar-refractivity contribution is 0.00391. The summed E-state index contributed by atoms with van der Waals surface area (Å²) >= 11 is 0. The molecule has 2 rings (SSSR count). The molecule has 7 nitrogen and oxygen atoms in total. The Morgan fingerprint density at radius 1 is 1.14 bits per heavy atom. The number of rotatable bonds is 7. The second-order valence-corrected chi connectivity index (χ2v) is 7.88. The quantitative estimate of drug-likeness (QED) is 0.716. The van der Waals surface area contributed by atoms with Crippen molar-refractivity contribution in [2.45, 2.75) is 58.3 Å². The normalized spacial score (nSPS) is 15.2. The molecule has 0 radical (unpaired) electrons. The van der Waals surface area contributed by atoms with Gasteiger partial charge in [0.1, 0.15) is 12.2 Å². The van der Waals surface area contributed by atoms with Crippen LogP contribution < -0.4 is 5.32 Å². The number of benzene rings is 1. The lowest BCUT2D eigenvalue weighted by Gasteiger charge is -2.31. The molecular weight excluding hydrogens is 360 g/mol. The Bertz CT molecular complexity index is 607. The predicted molar refractivity (Wildman–Crippen MR) is 106 cm³/mol. The maximum Gasteiger partial charge on any atom is 0.410 e. The molecule has 1 N–H and O–H groups in total. The average Bonchev–Trinajstić information content (AvgIpc) is 2.66. The number of nitrogens with zero attached hydrogens (tertiary/aromatic N) is 1. The van der Waals surface area contributed by atoms with Crippen LogP contribution in [0.4, 0.5) is 9.59 Å². The summed E-state index contributed by atoms with van der Waals surface area (Å²) in [4.78, 5) is 25.4. The Morgan fingerprint density at radius 3 is 2.46 bits per heavy atom. The third-order valence-corrected chi connectivity index (χ3v) is 4.25. The fourth-order valence-corrected chi connectivity index (χ4v) is 2.84. The van der Waals surface area contributed by atoms with Crippen LogP contribution in [-0.2, 0) is 20.8 Å². The summed E-state index contributed by atoms with van der Waals surface area (Å²) < 4.78 is 16.4. The zero-order chi connectivity index (χ0) is 20.4. The monoisotopic (exact) mass is 392 g/mol. The molecule has 0 bridgehead atoms. The van der Waals surface area contributed by atoms with Crippen molar-refractivity contribution >= 4 is 12.2 Å². The van der Waals surface area contributed by atoms with Crippen molar-refractivity contribution in [2.75, 3.05) is 26.2 Å². The number of hydrogen-bond acceptors (Lipinski definition) is 5. The number of alkyl carbamates (subject to hydrolysis) is 1. The first-order valence-corrected chi connectivity index (χ1v) is 9.87. The Hall–Kier alpha value is -2.28. The molecule has 0 aromatic heterocycles. The lowest BCUT2D eigenvalue weighted by atomic mass is 10.1.